The van der Waals surface area contributed by atoms with Crippen LogP contribution in [0.1, 0.15) is 6.42 Å². The van der Waals surface area contributed by atoms with Gasteiger partial charge >= 0.3 is 0 Å². The van der Waals surface area contributed by atoms with Gasteiger partial charge in [0.05, 0.1) is 47.5 Å². The smallest absolute Gasteiger partial charge is 0.222 e. The van der Waals surface area contributed by atoms with Gasteiger partial charge in [-0.15, -0.1) is 0 Å². The van der Waals surface area contributed by atoms with Crippen molar-refractivity contribution in [1.82, 2.24) is 5.32 Å². The van der Waals surface area contributed by atoms with E-state index in [0.29, 0.717) is 19.8 Å². The highest BCUT2D eigenvalue weighted by molar-refractivity contribution is 7.43. The van der Waals surface area contributed by atoms with E-state index in [2.05, 4.69) is 9.84 Å². The number of hydrogen-bond acceptors (Lipinski definition) is 12. The van der Waals surface area contributed by atoms with E-state index in [9.17, 15) is 29.4 Å². The number of methoxy groups -OCH3 is 1. The Morgan fingerprint density at radius 1 is 1.11 bits per heavy atom. The van der Waals surface area contributed by atoms with Crippen LogP contribution in [-0.4, -0.2) is 98.6 Å². The first-order valence-electron chi connectivity index (χ1n) is 8.46. The van der Waals surface area contributed by atoms with Crippen molar-refractivity contribution in [3.63, 3.8) is 0 Å². The molecule has 0 bridgehead atoms. The number of aliphatic hydroxyl groups excluding tert-OH is 3. The molecule has 14 heteroatoms. The lowest BCUT2D eigenvalue weighted by atomic mass is 9.97. The maximum Gasteiger partial charge on any atom is 0.222 e. The van der Waals surface area contributed by atoms with Crippen LogP contribution in [0, 0.1) is 0 Å². The molecule has 13 nitrogen and oxygen atoms in total. The molecule has 166 valence electrons. The van der Waals surface area contributed by atoms with E-state index in [0.717, 1.165) is 0 Å². The molecule has 0 aromatic heterocycles. The first kappa shape index (κ1) is 25.3. The van der Waals surface area contributed by atoms with Crippen molar-refractivity contribution in [3.8, 4) is 0 Å². The zero-order valence-electron chi connectivity index (χ0n) is 15.3. The molecule has 1 rings (SSSR count). The molecular weight excluding hydrogens is 405 g/mol. The fraction of sp³-hybridized carbons (Fsp3) is 0.929. The zero-order chi connectivity index (χ0) is 21.2. The van der Waals surface area contributed by atoms with Crippen LogP contribution in [0.25, 0.3) is 0 Å². The number of carbonyl (C=O) groups excluding carboxylic acids is 1. The van der Waals surface area contributed by atoms with Crippen molar-refractivity contribution in [2.45, 2.75) is 37.1 Å². The van der Waals surface area contributed by atoms with Gasteiger partial charge in [0.15, 0.2) is 6.29 Å². The van der Waals surface area contributed by atoms with E-state index in [1.807, 2.05) is 0 Å². The van der Waals surface area contributed by atoms with Crippen LogP contribution in [0.2, 0.25) is 0 Å². The van der Waals surface area contributed by atoms with Crippen LogP contribution < -0.4 is 15.1 Å². The van der Waals surface area contributed by atoms with E-state index < -0.39 is 51.0 Å². The molecular formula is C14H26NO12P-2. The third kappa shape index (κ3) is 9.20. The van der Waals surface area contributed by atoms with Gasteiger partial charge in [0.2, 0.25) is 5.91 Å². The molecule has 0 saturated carbocycles. The summed E-state index contributed by atoms with van der Waals surface area (Å²) in [6, 6.07) is -1.56. The van der Waals surface area contributed by atoms with Crippen LogP contribution in [-0.2, 0) is 32.8 Å². The SMILES string of the molecule is COCCOCCOCCC(=O)NC1[C@H](OP(=O)([O-])[O-])OC(CO)[C@H](O)[C@@H]1O. The molecule has 0 aliphatic carbocycles. The first-order chi connectivity index (χ1) is 13.2. The third-order valence-electron chi connectivity index (χ3n) is 3.72. The summed E-state index contributed by atoms with van der Waals surface area (Å²) in [6.07, 6.45) is -6.87. The van der Waals surface area contributed by atoms with Gasteiger partial charge in [-0.05, 0) is 0 Å². The summed E-state index contributed by atoms with van der Waals surface area (Å²) in [5.74, 6) is -0.678. The number of rotatable bonds is 13. The Hall–Kier alpha value is -0.700. The molecule has 5 atom stereocenters. The van der Waals surface area contributed by atoms with Crippen molar-refractivity contribution < 1.29 is 57.9 Å². The third-order valence-corrected chi connectivity index (χ3v) is 4.18. The summed E-state index contributed by atoms with van der Waals surface area (Å²) in [6.45, 7) is 0.596. The molecule has 4 N–H and O–H groups in total. The predicted molar refractivity (Wildman–Crippen MR) is 86.5 cm³/mol. The van der Waals surface area contributed by atoms with Gasteiger partial charge in [-0.25, -0.2) is 0 Å². The molecule has 1 fully saturated rings. The van der Waals surface area contributed by atoms with E-state index in [4.69, 9.17) is 24.1 Å². The standard InChI is InChI=1S/C14H28NO12P/c1-23-4-5-25-7-6-24-3-2-10(17)15-11-13(19)12(18)9(8-16)26-14(11)27-28(20,21)22/h9,11-14,16,18-19H,2-8H2,1H3,(H,15,17)(H2,20,21,22)/p-2/t9?,11?,12-,13+,14-/m0/s1. The minimum Gasteiger partial charge on any atom is -0.790 e. The highest BCUT2D eigenvalue weighted by Gasteiger charge is 2.45. The van der Waals surface area contributed by atoms with E-state index in [1.54, 1.807) is 0 Å². The van der Waals surface area contributed by atoms with Gasteiger partial charge in [0.1, 0.15) is 24.4 Å². The average molecular weight is 431 g/mol. The molecule has 1 saturated heterocycles. The molecule has 2 unspecified atom stereocenters. The Morgan fingerprint density at radius 3 is 2.29 bits per heavy atom. The van der Waals surface area contributed by atoms with Crippen molar-refractivity contribution in [1.29, 1.82) is 0 Å². The molecule has 0 radical (unpaired) electrons. The Bertz CT molecular complexity index is 503. The van der Waals surface area contributed by atoms with Crippen LogP contribution in [0.4, 0.5) is 0 Å². The topological polar surface area (TPSA) is 199 Å². The zero-order valence-corrected chi connectivity index (χ0v) is 16.2. The van der Waals surface area contributed by atoms with Gasteiger partial charge in [0.25, 0.3) is 0 Å². The van der Waals surface area contributed by atoms with Crippen LogP contribution >= 0.6 is 7.82 Å². The Balaban J connectivity index is 2.48. The summed E-state index contributed by atoms with van der Waals surface area (Å²) in [4.78, 5) is 33.7. The highest BCUT2D eigenvalue weighted by Crippen LogP contribution is 2.33. The van der Waals surface area contributed by atoms with Gasteiger partial charge in [-0.2, -0.15) is 0 Å². The van der Waals surface area contributed by atoms with Crippen molar-refractivity contribution in [2.24, 2.45) is 0 Å². The summed E-state index contributed by atoms with van der Waals surface area (Å²) in [5.41, 5.74) is 0. The number of ether oxygens (including phenoxy) is 4. The van der Waals surface area contributed by atoms with Crippen molar-refractivity contribution >= 4 is 13.7 Å². The van der Waals surface area contributed by atoms with Crippen molar-refractivity contribution in [2.75, 3.05) is 46.8 Å². The van der Waals surface area contributed by atoms with Crippen LogP contribution in [0.5, 0.6) is 0 Å². The van der Waals surface area contributed by atoms with Gasteiger partial charge in [-0.1, -0.05) is 0 Å². The van der Waals surface area contributed by atoms with Crippen molar-refractivity contribution in [3.05, 3.63) is 0 Å². The Morgan fingerprint density at radius 2 is 1.71 bits per heavy atom. The molecule has 0 aromatic carbocycles. The summed E-state index contributed by atoms with van der Waals surface area (Å²) >= 11 is 0. The quantitative estimate of drug-likeness (QED) is 0.162. The number of nitrogens with one attached hydrogen (secondary N) is 1. The average Bonchev–Trinajstić information content (AvgIpc) is 2.62. The Kier molecular flexibility index (Phi) is 11.6. The number of carbonyl (C=O) groups is 1. The summed E-state index contributed by atoms with van der Waals surface area (Å²) in [5, 5.41) is 31.3. The van der Waals surface area contributed by atoms with Crippen LogP contribution in [0.15, 0.2) is 0 Å². The predicted octanol–water partition coefficient (Wildman–Crippen LogP) is -4.17. The number of aliphatic hydroxyl groups is 3. The maximum absolute atomic E-state index is 12.0. The number of phosphoric acid groups is 1. The van der Waals surface area contributed by atoms with E-state index in [1.165, 1.54) is 7.11 Å². The van der Waals surface area contributed by atoms with Gasteiger partial charge in [-0.3, -0.25) is 4.79 Å². The molecule has 1 aliphatic rings. The fourth-order valence-corrected chi connectivity index (χ4v) is 2.78. The van der Waals surface area contributed by atoms with Crippen LogP contribution in [0.3, 0.4) is 0 Å². The molecule has 28 heavy (non-hydrogen) atoms. The monoisotopic (exact) mass is 431 g/mol. The molecule has 0 aromatic rings. The number of amides is 1. The lowest BCUT2D eigenvalue weighted by Gasteiger charge is -2.45. The number of phosphoric ester groups is 1. The normalized spacial score (nSPS) is 28.3. The second-order valence-electron chi connectivity index (χ2n) is 5.82. The van der Waals surface area contributed by atoms with Gasteiger partial charge < -0.3 is 58.5 Å². The second-order valence-corrected chi connectivity index (χ2v) is 6.93. The summed E-state index contributed by atoms with van der Waals surface area (Å²) < 4.78 is 35.2. The molecule has 1 amide bonds. The fourth-order valence-electron chi connectivity index (χ4n) is 2.34. The second kappa shape index (κ2) is 12.8. The van der Waals surface area contributed by atoms with E-state index >= 15 is 0 Å². The highest BCUT2D eigenvalue weighted by atomic mass is 31.2. The largest absolute Gasteiger partial charge is 0.790 e. The first-order valence-corrected chi connectivity index (χ1v) is 9.92. The molecule has 1 heterocycles. The molecule has 0 spiro atoms. The van der Waals surface area contributed by atoms with E-state index in [-0.39, 0.29) is 19.6 Å². The minimum absolute atomic E-state index is 0.00189. The molecule has 1 aliphatic heterocycles. The lowest BCUT2D eigenvalue weighted by Crippen LogP contribution is -2.64. The number of hydrogen-bond donors (Lipinski definition) is 4. The maximum atomic E-state index is 12.0. The lowest BCUT2D eigenvalue weighted by molar-refractivity contribution is -0.362. The Labute approximate surface area is 161 Å². The summed E-state index contributed by atoms with van der Waals surface area (Å²) in [7, 11) is -4.00. The minimum atomic E-state index is -5.54. The van der Waals surface area contributed by atoms with Gasteiger partial charge in [0, 0.05) is 13.5 Å².